The van der Waals surface area contributed by atoms with E-state index in [1.807, 2.05) is 6.08 Å². The molecular weight excluding hydrogens is 228 g/mol. The van der Waals surface area contributed by atoms with Crippen molar-refractivity contribution in [2.45, 2.75) is 46.0 Å². The lowest BCUT2D eigenvalue weighted by molar-refractivity contribution is -0.137. The number of ketones is 1. The molecule has 0 N–H and O–H groups in total. The minimum absolute atomic E-state index is 0.138. The van der Waals surface area contributed by atoms with E-state index in [4.69, 9.17) is 4.74 Å². The molecule has 3 nitrogen and oxygen atoms in total. The zero-order valence-electron chi connectivity index (χ0n) is 11.3. The average molecular weight is 250 g/mol. The highest BCUT2D eigenvalue weighted by Gasteiger charge is 2.20. The molecule has 0 saturated heterocycles. The predicted molar refractivity (Wildman–Crippen MR) is 71.1 cm³/mol. The fourth-order valence-electron chi connectivity index (χ4n) is 2.39. The second-order valence-corrected chi connectivity index (χ2v) is 4.65. The fourth-order valence-corrected chi connectivity index (χ4v) is 2.39. The molecule has 0 radical (unpaired) electrons. The molecule has 0 spiro atoms. The van der Waals surface area contributed by atoms with Gasteiger partial charge in [0.1, 0.15) is 0 Å². The molecule has 0 aromatic carbocycles. The van der Waals surface area contributed by atoms with E-state index in [1.165, 1.54) is 18.1 Å². The summed E-state index contributed by atoms with van der Waals surface area (Å²) in [6.45, 7) is 3.81. The summed E-state index contributed by atoms with van der Waals surface area (Å²) in [5.41, 5.74) is 1.28. The molecular formula is C15H22O3. The summed E-state index contributed by atoms with van der Waals surface area (Å²) >= 11 is 0. The number of hydrogen-bond acceptors (Lipinski definition) is 3. The first-order chi connectivity index (χ1) is 8.63. The van der Waals surface area contributed by atoms with Gasteiger partial charge < -0.3 is 4.74 Å². The number of allylic oxidation sites excluding steroid dienone is 3. The molecule has 100 valence electrons. The molecule has 0 heterocycles. The van der Waals surface area contributed by atoms with Crippen molar-refractivity contribution in [3.63, 3.8) is 0 Å². The first-order valence-electron chi connectivity index (χ1n) is 6.67. The molecule has 1 atom stereocenters. The smallest absolute Gasteiger partial charge is 0.330 e. The lowest BCUT2D eigenvalue weighted by atomic mass is 9.96. The summed E-state index contributed by atoms with van der Waals surface area (Å²) in [6, 6.07) is 0. The molecule has 0 bridgehead atoms. The van der Waals surface area contributed by atoms with Gasteiger partial charge in [-0.1, -0.05) is 11.6 Å². The molecule has 0 amide bonds. The van der Waals surface area contributed by atoms with Crippen molar-refractivity contribution >= 4 is 11.8 Å². The van der Waals surface area contributed by atoms with E-state index in [1.54, 1.807) is 19.9 Å². The second kappa shape index (κ2) is 7.85. The van der Waals surface area contributed by atoms with E-state index in [-0.39, 0.29) is 11.8 Å². The Balaban J connectivity index is 2.35. The molecule has 1 aliphatic carbocycles. The monoisotopic (exact) mass is 250 g/mol. The van der Waals surface area contributed by atoms with E-state index < -0.39 is 0 Å². The maximum absolute atomic E-state index is 11.1. The summed E-state index contributed by atoms with van der Waals surface area (Å²) in [5, 5.41) is 0. The van der Waals surface area contributed by atoms with Crippen LogP contribution in [-0.4, -0.2) is 18.4 Å². The minimum atomic E-state index is -0.275. The fraction of sp³-hybridized carbons (Fsp3) is 0.600. The molecule has 0 aromatic heterocycles. The molecule has 0 aromatic rings. The van der Waals surface area contributed by atoms with Crippen LogP contribution in [0.2, 0.25) is 0 Å². The molecule has 0 aliphatic heterocycles. The molecule has 1 aliphatic rings. The van der Waals surface area contributed by atoms with Gasteiger partial charge >= 0.3 is 5.97 Å². The van der Waals surface area contributed by atoms with Crippen LogP contribution in [-0.2, 0) is 14.3 Å². The van der Waals surface area contributed by atoms with Gasteiger partial charge in [0.2, 0.25) is 0 Å². The van der Waals surface area contributed by atoms with E-state index in [2.05, 4.69) is 0 Å². The normalized spacial score (nSPS) is 21.7. The molecule has 1 unspecified atom stereocenters. The number of ether oxygens (including phenoxy) is 1. The lowest BCUT2D eigenvalue weighted by Crippen LogP contribution is -2.00. The Morgan fingerprint density at radius 2 is 2.22 bits per heavy atom. The van der Waals surface area contributed by atoms with Crippen LogP contribution in [0.1, 0.15) is 46.0 Å². The molecule has 1 rings (SSSR count). The van der Waals surface area contributed by atoms with E-state index >= 15 is 0 Å². The third kappa shape index (κ3) is 5.30. The summed E-state index contributed by atoms with van der Waals surface area (Å²) < 4.78 is 4.81. The van der Waals surface area contributed by atoms with Gasteiger partial charge in [-0.15, -0.1) is 0 Å². The summed E-state index contributed by atoms with van der Waals surface area (Å²) in [6.07, 6.45) is 10.4. The van der Waals surface area contributed by atoms with Gasteiger partial charge in [0.05, 0.1) is 6.61 Å². The summed E-state index contributed by atoms with van der Waals surface area (Å²) in [4.78, 5) is 22.2. The largest absolute Gasteiger partial charge is 0.463 e. The van der Waals surface area contributed by atoms with Crippen molar-refractivity contribution in [2.24, 2.45) is 5.92 Å². The highest BCUT2D eigenvalue weighted by atomic mass is 16.5. The van der Waals surface area contributed by atoms with Gasteiger partial charge in [0.15, 0.2) is 5.78 Å². The number of carbonyl (C=O) groups excluding carboxylic acids is 2. The van der Waals surface area contributed by atoms with Crippen LogP contribution < -0.4 is 0 Å². The first-order valence-corrected chi connectivity index (χ1v) is 6.67. The van der Waals surface area contributed by atoms with Crippen LogP contribution in [0.4, 0.5) is 0 Å². The van der Waals surface area contributed by atoms with Crippen LogP contribution >= 0.6 is 0 Å². The Morgan fingerprint density at radius 1 is 1.44 bits per heavy atom. The van der Waals surface area contributed by atoms with Gasteiger partial charge in [-0.3, -0.25) is 4.79 Å². The summed E-state index contributed by atoms with van der Waals surface area (Å²) in [5.74, 6) is 0.378. The van der Waals surface area contributed by atoms with Gasteiger partial charge in [-0.05, 0) is 57.9 Å². The quantitative estimate of drug-likeness (QED) is 0.537. The third-order valence-electron chi connectivity index (χ3n) is 3.15. The molecule has 3 heteroatoms. The average Bonchev–Trinajstić information content (AvgIpc) is 2.71. The highest BCUT2D eigenvalue weighted by Crippen LogP contribution is 2.34. The Labute approximate surface area is 109 Å². The zero-order chi connectivity index (χ0) is 13.4. The first kappa shape index (κ1) is 14.7. The zero-order valence-corrected chi connectivity index (χ0v) is 11.3. The Morgan fingerprint density at radius 3 is 2.89 bits per heavy atom. The maximum Gasteiger partial charge on any atom is 0.330 e. The maximum atomic E-state index is 11.1. The number of hydrogen-bond donors (Lipinski definition) is 0. The number of esters is 1. The lowest BCUT2D eigenvalue weighted by Gasteiger charge is -2.09. The second-order valence-electron chi connectivity index (χ2n) is 4.65. The minimum Gasteiger partial charge on any atom is -0.463 e. The van der Waals surface area contributed by atoms with Crippen molar-refractivity contribution in [1.82, 2.24) is 0 Å². The Kier molecular flexibility index (Phi) is 6.40. The highest BCUT2D eigenvalue weighted by molar-refractivity contribution is 5.88. The Hall–Kier alpha value is -1.38. The van der Waals surface area contributed by atoms with Gasteiger partial charge in [0, 0.05) is 6.08 Å². The van der Waals surface area contributed by atoms with Gasteiger partial charge in [0.25, 0.3) is 0 Å². The topological polar surface area (TPSA) is 43.4 Å². The van der Waals surface area contributed by atoms with E-state index in [9.17, 15) is 9.59 Å². The van der Waals surface area contributed by atoms with Gasteiger partial charge in [-0.25, -0.2) is 4.79 Å². The van der Waals surface area contributed by atoms with Crippen molar-refractivity contribution in [2.75, 3.05) is 6.61 Å². The Bertz CT molecular complexity index is 353. The SMILES string of the molecule is CCOC(=O)/C=C/CCC1CCC/C1=C/C(C)=O. The van der Waals surface area contributed by atoms with Crippen LogP contribution in [0, 0.1) is 5.92 Å². The van der Waals surface area contributed by atoms with E-state index in [0.717, 1.165) is 25.7 Å². The molecule has 18 heavy (non-hydrogen) atoms. The van der Waals surface area contributed by atoms with Crippen LogP contribution in [0.5, 0.6) is 0 Å². The third-order valence-corrected chi connectivity index (χ3v) is 3.15. The standard InChI is InChI=1S/C15H22O3/c1-3-18-15(17)10-5-4-7-13-8-6-9-14(13)11-12(2)16/h5,10-11,13H,3-4,6-9H2,1-2H3/b10-5+,14-11-. The summed E-state index contributed by atoms with van der Waals surface area (Å²) in [7, 11) is 0. The van der Waals surface area contributed by atoms with Crippen molar-refractivity contribution in [3.8, 4) is 0 Å². The van der Waals surface area contributed by atoms with Gasteiger partial charge in [-0.2, -0.15) is 0 Å². The van der Waals surface area contributed by atoms with Crippen molar-refractivity contribution < 1.29 is 14.3 Å². The molecule has 1 saturated carbocycles. The van der Waals surface area contributed by atoms with Crippen LogP contribution in [0.15, 0.2) is 23.8 Å². The van der Waals surface area contributed by atoms with Crippen LogP contribution in [0.3, 0.4) is 0 Å². The van der Waals surface area contributed by atoms with Crippen molar-refractivity contribution in [1.29, 1.82) is 0 Å². The predicted octanol–water partition coefficient (Wildman–Crippen LogP) is 3.20. The van der Waals surface area contributed by atoms with Crippen LogP contribution in [0.25, 0.3) is 0 Å². The number of carbonyl (C=O) groups is 2. The molecule has 1 fully saturated rings. The van der Waals surface area contributed by atoms with Crippen molar-refractivity contribution in [3.05, 3.63) is 23.8 Å². The number of rotatable bonds is 6. The van der Waals surface area contributed by atoms with E-state index in [0.29, 0.717) is 12.5 Å².